The van der Waals surface area contributed by atoms with Gasteiger partial charge in [-0.1, -0.05) is 17.3 Å². The third kappa shape index (κ3) is 4.07. The van der Waals surface area contributed by atoms with Gasteiger partial charge in [0.05, 0.1) is 16.2 Å². The Bertz CT molecular complexity index is 1200. The number of amides is 1. The first-order valence-electron chi connectivity index (χ1n) is 9.86. The van der Waals surface area contributed by atoms with Crippen molar-refractivity contribution in [1.29, 1.82) is 0 Å². The van der Waals surface area contributed by atoms with Gasteiger partial charge in [0.1, 0.15) is 5.76 Å². The molecule has 0 spiro atoms. The molecule has 0 atom stereocenters. The number of benzene rings is 1. The molecule has 1 aliphatic rings. The summed E-state index contributed by atoms with van der Waals surface area (Å²) in [6.45, 7) is 5.02. The Morgan fingerprint density at radius 1 is 1.06 bits per heavy atom. The number of aryl methyl sites for hydroxylation is 2. The van der Waals surface area contributed by atoms with Gasteiger partial charge in [0.25, 0.3) is 5.91 Å². The zero-order valence-corrected chi connectivity index (χ0v) is 18.3. The summed E-state index contributed by atoms with van der Waals surface area (Å²) in [7, 11) is -3.65. The van der Waals surface area contributed by atoms with E-state index in [1.54, 1.807) is 24.3 Å². The molecule has 2 aromatic heterocycles. The van der Waals surface area contributed by atoms with Crippen molar-refractivity contribution in [3.63, 3.8) is 0 Å². The van der Waals surface area contributed by atoms with Crippen LogP contribution in [0.5, 0.6) is 0 Å². The maximum atomic E-state index is 13.1. The van der Waals surface area contributed by atoms with Gasteiger partial charge in [-0.2, -0.15) is 4.31 Å². The molecule has 1 amide bonds. The minimum absolute atomic E-state index is 0.123. The van der Waals surface area contributed by atoms with Gasteiger partial charge in [0.2, 0.25) is 16.0 Å². The summed E-state index contributed by atoms with van der Waals surface area (Å²) in [6, 6.07) is 6.70. The SMILES string of the molecule is Cc1noc(C)c1-c1ccc(S(=O)(=O)N2CCN(c3ncc(C(=O)NO)cn3)CC2)cc1. The number of aromatic nitrogens is 3. The lowest BCUT2D eigenvalue weighted by atomic mass is 10.0. The van der Waals surface area contributed by atoms with Crippen LogP contribution in [-0.4, -0.2) is 65.1 Å². The topological polar surface area (TPSA) is 142 Å². The number of piperazine rings is 1. The summed E-state index contributed by atoms with van der Waals surface area (Å²) >= 11 is 0. The maximum absolute atomic E-state index is 13.1. The van der Waals surface area contributed by atoms with Gasteiger partial charge < -0.3 is 9.42 Å². The van der Waals surface area contributed by atoms with Crippen LogP contribution in [0.3, 0.4) is 0 Å². The quantitative estimate of drug-likeness (QED) is 0.428. The van der Waals surface area contributed by atoms with E-state index in [4.69, 9.17) is 9.73 Å². The lowest BCUT2D eigenvalue weighted by Gasteiger charge is -2.34. The molecule has 0 bridgehead atoms. The standard InChI is InChI=1S/C20H22N6O5S/c1-13-18(14(2)31-24-13)15-3-5-17(6-4-15)32(29,30)26-9-7-25(8-10-26)20-21-11-16(12-22-20)19(27)23-28/h3-6,11-12,28H,7-10H2,1-2H3,(H,23,27). The van der Waals surface area contributed by atoms with E-state index >= 15 is 0 Å². The van der Waals surface area contributed by atoms with E-state index in [0.29, 0.717) is 24.8 Å². The van der Waals surface area contributed by atoms with Crippen molar-refractivity contribution in [2.24, 2.45) is 0 Å². The maximum Gasteiger partial charge on any atom is 0.277 e. The predicted octanol–water partition coefficient (Wildman–Crippen LogP) is 1.38. The van der Waals surface area contributed by atoms with Gasteiger partial charge in [-0.15, -0.1) is 0 Å². The molecule has 4 rings (SSSR count). The van der Waals surface area contributed by atoms with Crippen LogP contribution in [0, 0.1) is 13.8 Å². The molecule has 168 valence electrons. The number of rotatable bonds is 5. The monoisotopic (exact) mass is 458 g/mol. The van der Waals surface area contributed by atoms with E-state index in [2.05, 4.69) is 15.1 Å². The lowest BCUT2D eigenvalue weighted by molar-refractivity contribution is 0.0705. The van der Waals surface area contributed by atoms with Crippen LogP contribution in [0.1, 0.15) is 21.8 Å². The van der Waals surface area contributed by atoms with Crippen LogP contribution in [0.2, 0.25) is 0 Å². The molecule has 0 aliphatic carbocycles. The Kier molecular flexibility index (Phi) is 5.91. The average molecular weight is 459 g/mol. The van der Waals surface area contributed by atoms with Crippen molar-refractivity contribution in [2.75, 3.05) is 31.1 Å². The number of hydrogen-bond donors (Lipinski definition) is 2. The molecule has 3 heterocycles. The summed E-state index contributed by atoms with van der Waals surface area (Å²) in [5.41, 5.74) is 4.11. The van der Waals surface area contributed by atoms with Gasteiger partial charge >= 0.3 is 0 Å². The fourth-order valence-electron chi connectivity index (χ4n) is 3.63. The third-order valence-corrected chi connectivity index (χ3v) is 7.25. The number of nitrogens with one attached hydrogen (secondary N) is 1. The minimum atomic E-state index is -3.65. The Hall–Kier alpha value is -3.35. The molecule has 3 aromatic rings. The highest BCUT2D eigenvalue weighted by molar-refractivity contribution is 7.89. The van der Waals surface area contributed by atoms with E-state index in [9.17, 15) is 13.2 Å². The largest absolute Gasteiger partial charge is 0.361 e. The molecule has 1 aliphatic heterocycles. The van der Waals surface area contributed by atoms with Gasteiger partial charge in [-0.25, -0.2) is 23.9 Å². The van der Waals surface area contributed by atoms with Gasteiger partial charge in [-0.05, 0) is 31.5 Å². The van der Waals surface area contributed by atoms with E-state index in [-0.39, 0.29) is 23.5 Å². The second kappa shape index (κ2) is 8.65. The molecule has 1 saturated heterocycles. The summed E-state index contributed by atoms with van der Waals surface area (Å²) in [6.07, 6.45) is 2.61. The molecule has 12 heteroatoms. The highest BCUT2D eigenvalue weighted by atomic mass is 32.2. The van der Waals surface area contributed by atoms with Crippen molar-refractivity contribution >= 4 is 21.9 Å². The number of carbonyl (C=O) groups excluding carboxylic acids is 1. The van der Waals surface area contributed by atoms with Gasteiger partial charge in [0, 0.05) is 44.1 Å². The molecule has 1 aromatic carbocycles. The van der Waals surface area contributed by atoms with Crippen LogP contribution in [0.4, 0.5) is 5.95 Å². The van der Waals surface area contributed by atoms with Crippen molar-refractivity contribution in [3.05, 3.63) is 53.7 Å². The minimum Gasteiger partial charge on any atom is -0.361 e. The second-order valence-electron chi connectivity index (χ2n) is 7.33. The predicted molar refractivity (Wildman–Crippen MR) is 114 cm³/mol. The number of nitrogens with zero attached hydrogens (tertiary/aromatic N) is 5. The van der Waals surface area contributed by atoms with Crippen LogP contribution in [0.15, 0.2) is 46.1 Å². The Morgan fingerprint density at radius 3 is 2.22 bits per heavy atom. The van der Waals surface area contributed by atoms with Crippen LogP contribution in [0.25, 0.3) is 11.1 Å². The second-order valence-corrected chi connectivity index (χ2v) is 9.27. The van der Waals surface area contributed by atoms with Gasteiger partial charge in [-0.3, -0.25) is 10.0 Å². The lowest BCUT2D eigenvalue weighted by Crippen LogP contribution is -2.49. The van der Waals surface area contributed by atoms with Gasteiger partial charge in [0.15, 0.2) is 0 Å². The molecule has 1 fully saturated rings. The summed E-state index contributed by atoms with van der Waals surface area (Å²) < 4.78 is 32.8. The van der Waals surface area contributed by atoms with E-state index in [1.165, 1.54) is 22.2 Å². The van der Waals surface area contributed by atoms with Crippen molar-refractivity contribution in [1.82, 2.24) is 24.9 Å². The molecular formula is C20H22N6O5S. The number of hydrogen-bond acceptors (Lipinski definition) is 9. The van der Waals surface area contributed by atoms with Crippen molar-refractivity contribution in [3.8, 4) is 11.1 Å². The molecular weight excluding hydrogens is 436 g/mol. The Balaban J connectivity index is 1.44. The Labute approximate surface area is 184 Å². The fourth-order valence-corrected chi connectivity index (χ4v) is 5.05. The smallest absolute Gasteiger partial charge is 0.277 e. The van der Waals surface area contributed by atoms with Crippen molar-refractivity contribution < 1.29 is 22.9 Å². The fraction of sp³-hybridized carbons (Fsp3) is 0.300. The number of carbonyl (C=O) groups is 1. The number of hydroxylamine groups is 1. The van der Waals surface area contributed by atoms with E-state index in [1.807, 2.05) is 18.7 Å². The molecule has 0 saturated carbocycles. The first-order valence-corrected chi connectivity index (χ1v) is 11.3. The summed E-state index contributed by atoms with van der Waals surface area (Å²) in [4.78, 5) is 21.7. The average Bonchev–Trinajstić information content (AvgIpc) is 3.16. The molecule has 0 radical (unpaired) electrons. The Morgan fingerprint density at radius 2 is 1.69 bits per heavy atom. The molecule has 11 nitrogen and oxygen atoms in total. The highest BCUT2D eigenvalue weighted by Gasteiger charge is 2.29. The van der Waals surface area contributed by atoms with Crippen LogP contribution < -0.4 is 10.4 Å². The number of anilines is 1. The zero-order chi connectivity index (χ0) is 22.9. The van der Waals surface area contributed by atoms with E-state index in [0.717, 1.165) is 16.8 Å². The third-order valence-electron chi connectivity index (χ3n) is 5.34. The molecule has 32 heavy (non-hydrogen) atoms. The first kappa shape index (κ1) is 21.9. The van der Waals surface area contributed by atoms with Crippen LogP contribution >= 0.6 is 0 Å². The van der Waals surface area contributed by atoms with Crippen molar-refractivity contribution in [2.45, 2.75) is 18.7 Å². The van der Waals surface area contributed by atoms with Crippen LogP contribution in [-0.2, 0) is 10.0 Å². The molecule has 0 unspecified atom stereocenters. The summed E-state index contributed by atoms with van der Waals surface area (Å²) in [5.74, 6) is 0.370. The zero-order valence-electron chi connectivity index (χ0n) is 17.5. The molecule has 2 N–H and O–H groups in total. The highest BCUT2D eigenvalue weighted by Crippen LogP contribution is 2.28. The number of sulfonamides is 1. The van der Waals surface area contributed by atoms with E-state index < -0.39 is 15.9 Å². The summed E-state index contributed by atoms with van der Waals surface area (Å²) in [5, 5.41) is 12.6. The normalized spacial score (nSPS) is 15.0. The first-order chi connectivity index (χ1) is 15.3.